The van der Waals surface area contributed by atoms with Crippen LogP contribution in [0, 0.1) is 6.92 Å². The Morgan fingerprint density at radius 3 is 2.22 bits per heavy atom. The molecule has 8 nitrogen and oxygen atoms in total. The molecule has 5 aromatic rings. The van der Waals surface area contributed by atoms with Gasteiger partial charge in [0.1, 0.15) is 0 Å². The van der Waals surface area contributed by atoms with Crippen LogP contribution >= 0.6 is 0 Å². The van der Waals surface area contributed by atoms with E-state index in [1.54, 1.807) is 13.0 Å². The Labute approximate surface area is 294 Å². The number of esters is 1. The largest absolute Gasteiger partial charge is 0.476 e. The third-order valence-electron chi connectivity index (χ3n) is 9.22. The standard InChI is InChI=1S/C42H44N4O4/c1-3-50-38(47)20-19-32-23-37(41(42(48)49)43-25-32)39-29(2)22-34(26-44-39)40-36-18-10-16-33(36)24-35(45-40)17-11-21-46(27-30-12-6-4-7-13-30)28-31-14-8-5-9-15-31/h4-9,12-15,22-26H,3,10-11,16-21,27-28H2,1-2H3,(H,48,49). The molecule has 1 N–H and O–H groups in total. The summed E-state index contributed by atoms with van der Waals surface area (Å²) in [5.74, 6) is -1.42. The number of carbonyl (C=O) groups is 2. The van der Waals surface area contributed by atoms with Crippen LogP contribution in [0.15, 0.2) is 91.3 Å². The number of aryl methyl sites for hydroxylation is 4. The van der Waals surface area contributed by atoms with E-state index < -0.39 is 5.97 Å². The number of carboxylic acids is 1. The van der Waals surface area contributed by atoms with Gasteiger partial charge in [-0.1, -0.05) is 60.7 Å². The monoisotopic (exact) mass is 668 g/mol. The first kappa shape index (κ1) is 34.6. The van der Waals surface area contributed by atoms with E-state index in [4.69, 9.17) is 14.7 Å². The van der Waals surface area contributed by atoms with E-state index in [2.05, 4.69) is 82.7 Å². The number of nitrogens with zero attached hydrogens (tertiary/aromatic N) is 4. The Kier molecular flexibility index (Phi) is 11.4. The molecule has 2 aromatic carbocycles. The molecular formula is C42H44N4O4. The first-order chi connectivity index (χ1) is 24.4. The number of hydrogen-bond donors (Lipinski definition) is 1. The first-order valence-electron chi connectivity index (χ1n) is 17.5. The third-order valence-corrected chi connectivity index (χ3v) is 9.22. The molecule has 3 heterocycles. The lowest BCUT2D eigenvalue weighted by Crippen LogP contribution is -2.24. The summed E-state index contributed by atoms with van der Waals surface area (Å²) < 4.78 is 5.06. The Morgan fingerprint density at radius 1 is 0.840 bits per heavy atom. The van der Waals surface area contributed by atoms with Gasteiger partial charge in [0.2, 0.25) is 0 Å². The highest BCUT2D eigenvalue weighted by Crippen LogP contribution is 2.34. The smallest absolute Gasteiger partial charge is 0.355 e. The number of carbonyl (C=O) groups excluding carboxylic acids is 1. The molecule has 0 unspecified atom stereocenters. The van der Waals surface area contributed by atoms with Crippen molar-refractivity contribution >= 4 is 11.9 Å². The molecule has 0 radical (unpaired) electrons. The van der Waals surface area contributed by atoms with Crippen LogP contribution in [0.5, 0.6) is 0 Å². The van der Waals surface area contributed by atoms with Gasteiger partial charge in [-0.05, 0) is 110 Å². The zero-order valence-corrected chi connectivity index (χ0v) is 28.9. The van der Waals surface area contributed by atoms with Gasteiger partial charge in [0.15, 0.2) is 5.69 Å². The molecule has 1 aliphatic rings. The number of pyridine rings is 3. The summed E-state index contributed by atoms with van der Waals surface area (Å²) >= 11 is 0. The second-order valence-corrected chi connectivity index (χ2v) is 13.0. The van der Waals surface area contributed by atoms with Gasteiger partial charge < -0.3 is 9.84 Å². The van der Waals surface area contributed by atoms with Gasteiger partial charge >= 0.3 is 11.9 Å². The molecule has 0 amide bonds. The Morgan fingerprint density at radius 2 is 1.56 bits per heavy atom. The Hall–Kier alpha value is -5.21. The molecule has 0 bridgehead atoms. The van der Waals surface area contributed by atoms with Gasteiger partial charge in [0.05, 0.1) is 18.0 Å². The predicted octanol–water partition coefficient (Wildman–Crippen LogP) is 7.83. The van der Waals surface area contributed by atoms with Crippen LogP contribution in [-0.4, -0.2) is 50.0 Å². The molecule has 0 atom stereocenters. The van der Waals surface area contributed by atoms with Crippen molar-refractivity contribution in [2.45, 2.75) is 71.9 Å². The molecule has 1 aliphatic carbocycles. The summed E-state index contributed by atoms with van der Waals surface area (Å²) in [6.45, 7) is 6.77. The van der Waals surface area contributed by atoms with Crippen molar-refractivity contribution in [1.82, 2.24) is 19.9 Å². The minimum atomic E-state index is -1.12. The summed E-state index contributed by atoms with van der Waals surface area (Å²) in [6.07, 6.45) is 8.90. The van der Waals surface area contributed by atoms with Gasteiger partial charge in [-0.3, -0.25) is 19.7 Å². The topological polar surface area (TPSA) is 106 Å². The van der Waals surface area contributed by atoms with Crippen molar-refractivity contribution in [2.75, 3.05) is 13.2 Å². The number of rotatable bonds is 15. The lowest BCUT2D eigenvalue weighted by molar-refractivity contribution is -0.143. The van der Waals surface area contributed by atoms with Crippen molar-refractivity contribution in [2.24, 2.45) is 0 Å². The quantitative estimate of drug-likeness (QED) is 0.113. The van der Waals surface area contributed by atoms with Crippen LogP contribution in [0.3, 0.4) is 0 Å². The molecule has 0 spiro atoms. The number of ether oxygens (including phenoxy) is 1. The highest BCUT2D eigenvalue weighted by atomic mass is 16.5. The van der Waals surface area contributed by atoms with E-state index in [0.29, 0.717) is 24.3 Å². The van der Waals surface area contributed by atoms with E-state index in [1.807, 2.05) is 13.1 Å². The van der Waals surface area contributed by atoms with E-state index in [0.717, 1.165) is 79.8 Å². The van der Waals surface area contributed by atoms with Crippen LogP contribution in [-0.2, 0) is 48.3 Å². The van der Waals surface area contributed by atoms with Crippen LogP contribution in [0.1, 0.15) is 75.7 Å². The lowest BCUT2D eigenvalue weighted by atomic mass is 9.97. The van der Waals surface area contributed by atoms with Crippen molar-refractivity contribution < 1.29 is 19.4 Å². The molecule has 8 heteroatoms. The van der Waals surface area contributed by atoms with Gasteiger partial charge in [-0.2, -0.15) is 0 Å². The molecule has 6 rings (SSSR count). The predicted molar refractivity (Wildman–Crippen MR) is 195 cm³/mol. The number of carboxylic acid groups (broad SMARTS) is 1. The van der Waals surface area contributed by atoms with Gasteiger partial charge in [-0.15, -0.1) is 0 Å². The van der Waals surface area contributed by atoms with Crippen molar-refractivity contribution in [3.8, 4) is 22.5 Å². The molecular weight excluding hydrogens is 624 g/mol. The van der Waals surface area contributed by atoms with Gasteiger partial charge in [0.25, 0.3) is 0 Å². The van der Waals surface area contributed by atoms with Crippen molar-refractivity contribution in [3.05, 3.63) is 136 Å². The fourth-order valence-electron chi connectivity index (χ4n) is 6.85. The Balaban J connectivity index is 1.22. The normalized spacial score (nSPS) is 12.2. The molecule has 0 aliphatic heterocycles. The van der Waals surface area contributed by atoms with E-state index in [1.165, 1.54) is 28.5 Å². The Bertz CT molecular complexity index is 1900. The highest BCUT2D eigenvalue weighted by Gasteiger charge is 2.22. The second-order valence-electron chi connectivity index (χ2n) is 13.0. The first-order valence-corrected chi connectivity index (χ1v) is 17.5. The van der Waals surface area contributed by atoms with Crippen LogP contribution in [0.2, 0.25) is 0 Å². The van der Waals surface area contributed by atoms with Gasteiger partial charge in [-0.25, -0.2) is 9.78 Å². The minimum Gasteiger partial charge on any atom is -0.476 e. The molecule has 3 aromatic heterocycles. The fraction of sp³-hybridized carbons (Fsp3) is 0.310. The van der Waals surface area contributed by atoms with Gasteiger partial charge in [0, 0.05) is 48.7 Å². The highest BCUT2D eigenvalue weighted by molar-refractivity contribution is 5.94. The number of benzene rings is 2. The number of fused-ring (bicyclic) bond motifs is 1. The van der Waals surface area contributed by atoms with E-state index in [9.17, 15) is 14.7 Å². The average Bonchev–Trinajstić information content (AvgIpc) is 3.60. The lowest BCUT2D eigenvalue weighted by Gasteiger charge is -2.23. The zero-order valence-electron chi connectivity index (χ0n) is 28.9. The number of hydrogen-bond acceptors (Lipinski definition) is 7. The third kappa shape index (κ3) is 8.68. The maximum atomic E-state index is 12.2. The zero-order chi connectivity index (χ0) is 34.9. The molecule has 50 heavy (non-hydrogen) atoms. The van der Waals surface area contributed by atoms with E-state index in [-0.39, 0.29) is 18.1 Å². The molecule has 0 saturated heterocycles. The second kappa shape index (κ2) is 16.5. The summed E-state index contributed by atoms with van der Waals surface area (Å²) in [5.41, 5.74) is 10.8. The van der Waals surface area contributed by atoms with E-state index >= 15 is 0 Å². The molecule has 0 saturated carbocycles. The summed E-state index contributed by atoms with van der Waals surface area (Å²) in [5, 5.41) is 9.94. The SMILES string of the molecule is CCOC(=O)CCc1cnc(C(=O)O)c(-c2ncc(-c3nc(CCCN(Cc4ccccc4)Cc4ccccc4)cc4c3CCC4)cc2C)c1. The summed E-state index contributed by atoms with van der Waals surface area (Å²) in [4.78, 5) is 40.9. The maximum Gasteiger partial charge on any atom is 0.355 e. The maximum absolute atomic E-state index is 12.2. The number of aromatic nitrogens is 3. The summed E-state index contributed by atoms with van der Waals surface area (Å²) in [7, 11) is 0. The average molecular weight is 669 g/mol. The minimum absolute atomic E-state index is 0.0668. The fourth-order valence-corrected chi connectivity index (χ4v) is 6.85. The van der Waals surface area contributed by atoms with Crippen molar-refractivity contribution in [1.29, 1.82) is 0 Å². The van der Waals surface area contributed by atoms with Crippen LogP contribution < -0.4 is 0 Å². The van der Waals surface area contributed by atoms with Crippen LogP contribution in [0.25, 0.3) is 22.5 Å². The van der Waals surface area contributed by atoms with Crippen LogP contribution in [0.4, 0.5) is 0 Å². The summed E-state index contributed by atoms with van der Waals surface area (Å²) in [6, 6.07) is 27.4. The molecule has 0 fully saturated rings. The number of aromatic carboxylic acids is 1. The van der Waals surface area contributed by atoms with Crippen molar-refractivity contribution in [3.63, 3.8) is 0 Å². The molecule has 256 valence electrons.